The van der Waals surface area contributed by atoms with Gasteiger partial charge in [-0.25, -0.2) is 4.98 Å². The lowest BCUT2D eigenvalue weighted by Gasteiger charge is -2.04. The first kappa shape index (κ1) is 13.9. The lowest BCUT2D eigenvalue weighted by Crippen LogP contribution is -2.12. The van der Waals surface area contributed by atoms with Crippen LogP contribution < -0.4 is 10.1 Å². The number of nitrogens with zero attached hydrogens (tertiary/aromatic N) is 1. The molecule has 0 spiro atoms. The van der Waals surface area contributed by atoms with Crippen molar-refractivity contribution in [1.29, 1.82) is 0 Å². The summed E-state index contributed by atoms with van der Waals surface area (Å²) in [5, 5.41) is 5.14. The van der Waals surface area contributed by atoms with Crippen molar-refractivity contribution in [3.05, 3.63) is 29.6 Å². The van der Waals surface area contributed by atoms with E-state index in [2.05, 4.69) is 15.0 Å². The van der Waals surface area contributed by atoms with Gasteiger partial charge < -0.3 is 10.1 Å². The minimum Gasteiger partial charge on any atom is -0.435 e. The second kappa shape index (κ2) is 5.77. The van der Waals surface area contributed by atoms with E-state index < -0.39 is 6.61 Å². The third kappa shape index (κ3) is 3.55. The quantitative estimate of drug-likeness (QED) is 0.915. The van der Waals surface area contributed by atoms with E-state index in [0.29, 0.717) is 10.8 Å². The van der Waals surface area contributed by atoms with E-state index >= 15 is 0 Å². The fourth-order valence-electron chi connectivity index (χ4n) is 1.82. The van der Waals surface area contributed by atoms with Crippen LogP contribution in [0.3, 0.4) is 0 Å². The number of anilines is 1. The molecule has 0 bridgehead atoms. The summed E-state index contributed by atoms with van der Waals surface area (Å²) in [4.78, 5) is 16.0. The Morgan fingerprint density at radius 1 is 1.33 bits per heavy atom. The average molecular weight is 310 g/mol. The summed E-state index contributed by atoms with van der Waals surface area (Å²) >= 11 is 1.34. The molecule has 110 valence electrons. The van der Waals surface area contributed by atoms with Gasteiger partial charge in [0.1, 0.15) is 5.75 Å². The average Bonchev–Trinajstić information content (AvgIpc) is 3.20. The molecule has 1 aromatic carbocycles. The Balaban J connectivity index is 1.68. The van der Waals surface area contributed by atoms with Crippen LogP contribution in [0.4, 0.5) is 13.9 Å². The van der Waals surface area contributed by atoms with E-state index in [0.717, 1.165) is 18.4 Å². The number of nitrogens with one attached hydrogen (secondary N) is 1. The molecule has 7 heteroatoms. The van der Waals surface area contributed by atoms with Gasteiger partial charge in [-0.3, -0.25) is 4.79 Å². The third-order valence-electron chi connectivity index (χ3n) is 3.06. The van der Waals surface area contributed by atoms with E-state index in [1.807, 2.05) is 5.38 Å². The van der Waals surface area contributed by atoms with Crippen molar-refractivity contribution in [1.82, 2.24) is 4.98 Å². The molecular formula is C14H12F2N2O2S. The Kier molecular flexibility index (Phi) is 3.83. The summed E-state index contributed by atoms with van der Waals surface area (Å²) in [5.74, 6) is 0.242. The van der Waals surface area contributed by atoms with Crippen LogP contribution in [-0.4, -0.2) is 17.5 Å². The molecule has 0 aliphatic heterocycles. The molecule has 21 heavy (non-hydrogen) atoms. The van der Waals surface area contributed by atoms with Crippen LogP contribution in [0.15, 0.2) is 29.6 Å². The largest absolute Gasteiger partial charge is 0.435 e. The van der Waals surface area contributed by atoms with Crippen LogP contribution in [0.2, 0.25) is 0 Å². The molecule has 1 aromatic heterocycles. The Morgan fingerprint density at radius 3 is 2.67 bits per heavy atom. The fraction of sp³-hybridized carbons (Fsp3) is 0.286. The Hall–Kier alpha value is -2.02. The van der Waals surface area contributed by atoms with Gasteiger partial charge in [-0.1, -0.05) is 0 Å². The van der Waals surface area contributed by atoms with Gasteiger partial charge in [0.15, 0.2) is 5.13 Å². The monoisotopic (exact) mass is 310 g/mol. The minimum absolute atomic E-state index is 0.0107. The van der Waals surface area contributed by atoms with Gasteiger partial charge in [0.05, 0.1) is 5.69 Å². The number of hydrogen-bond acceptors (Lipinski definition) is 4. The van der Waals surface area contributed by atoms with E-state index in [1.54, 1.807) is 12.1 Å². The number of amides is 1. The van der Waals surface area contributed by atoms with E-state index in [1.165, 1.54) is 23.5 Å². The zero-order chi connectivity index (χ0) is 14.8. The maximum absolute atomic E-state index is 12.1. The number of alkyl halides is 2. The molecule has 0 unspecified atom stereocenters. The highest BCUT2D eigenvalue weighted by Gasteiger charge is 2.30. The summed E-state index contributed by atoms with van der Waals surface area (Å²) in [6, 6.07) is 6.23. The predicted octanol–water partition coefficient (Wildman–Crippen LogP) is 3.76. The standard InChI is InChI=1S/C14H12F2N2O2S/c15-13(16)20-10-5-3-8(4-6-10)11-7-21-14(17-11)18-12(19)9-1-2-9/h3-7,9,13H,1-2H2,(H,17,18,19). The number of aromatic nitrogens is 1. The summed E-state index contributed by atoms with van der Waals surface area (Å²) < 4.78 is 28.4. The fourth-order valence-corrected chi connectivity index (χ4v) is 2.55. The zero-order valence-corrected chi connectivity index (χ0v) is 11.7. The second-order valence-corrected chi connectivity index (χ2v) is 5.56. The molecule has 0 saturated heterocycles. The van der Waals surface area contributed by atoms with Crippen LogP contribution in [0.1, 0.15) is 12.8 Å². The van der Waals surface area contributed by atoms with Crippen molar-refractivity contribution in [3.8, 4) is 17.0 Å². The van der Waals surface area contributed by atoms with Gasteiger partial charge in [0.25, 0.3) is 0 Å². The van der Waals surface area contributed by atoms with Crippen LogP contribution in [0.5, 0.6) is 5.75 Å². The maximum atomic E-state index is 12.1. The highest BCUT2D eigenvalue weighted by Crippen LogP contribution is 2.32. The lowest BCUT2D eigenvalue weighted by molar-refractivity contribution is -0.117. The molecule has 1 saturated carbocycles. The summed E-state index contributed by atoms with van der Waals surface area (Å²) in [6.07, 6.45) is 1.88. The maximum Gasteiger partial charge on any atom is 0.387 e. The highest BCUT2D eigenvalue weighted by atomic mass is 32.1. The smallest absolute Gasteiger partial charge is 0.387 e. The van der Waals surface area contributed by atoms with Crippen LogP contribution in [0.25, 0.3) is 11.3 Å². The van der Waals surface area contributed by atoms with Gasteiger partial charge >= 0.3 is 6.61 Å². The molecule has 1 aliphatic carbocycles. The molecule has 1 fully saturated rings. The molecule has 1 amide bonds. The molecule has 0 radical (unpaired) electrons. The zero-order valence-electron chi connectivity index (χ0n) is 10.9. The number of thiazole rings is 1. The predicted molar refractivity (Wildman–Crippen MR) is 75.5 cm³/mol. The van der Waals surface area contributed by atoms with Crippen molar-refractivity contribution in [2.45, 2.75) is 19.5 Å². The first-order valence-corrected chi connectivity index (χ1v) is 7.31. The van der Waals surface area contributed by atoms with E-state index in [-0.39, 0.29) is 17.6 Å². The molecule has 0 atom stereocenters. The van der Waals surface area contributed by atoms with E-state index in [4.69, 9.17) is 0 Å². The van der Waals surface area contributed by atoms with Crippen molar-refractivity contribution in [3.63, 3.8) is 0 Å². The molecule has 1 N–H and O–H groups in total. The number of benzene rings is 1. The lowest BCUT2D eigenvalue weighted by atomic mass is 10.2. The van der Waals surface area contributed by atoms with Gasteiger partial charge in [0, 0.05) is 16.9 Å². The summed E-state index contributed by atoms with van der Waals surface area (Å²) in [5.41, 5.74) is 1.47. The molecule has 4 nitrogen and oxygen atoms in total. The molecule has 1 heterocycles. The Labute approximate surface area is 123 Å². The number of halogens is 2. The highest BCUT2D eigenvalue weighted by molar-refractivity contribution is 7.14. The topological polar surface area (TPSA) is 51.2 Å². The van der Waals surface area contributed by atoms with Crippen molar-refractivity contribution in [2.75, 3.05) is 5.32 Å². The van der Waals surface area contributed by atoms with Crippen LogP contribution in [-0.2, 0) is 4.79 Å². The number of rotatable bonds is 5. The van der Waals surface area contributed by atoms with Crippen molar-refractivity contribution < 1.29 is 18.3 Å². The number of hydrogen-bond donors (Lipinski definition) is 1. The molecule has 3 rings (SSSR count). The second-order valence-electron chi connectivity index (χ2n) is 4.70. The first-order chi connectivity index (χ1) is 10.1. The Bertz CT molecular complexity index is 639. The van der Waals surface area contributed by atoms with Crippen LogP contribution in [0, 0.1) is 5.92 Å². The summed E-state index contributed by atoms with van der Waals surface area (Å²) in [7, 11) is 0. The Morgan fingerprint density at radius 2 is 2.05 bits per heavy atom. The minimum atomic E-state index is -2.83. The van der Waals surface area contributed by atoms with E-state index in [9.17, 15) is 13.6 Å². The molecular weight excluding hydrogens is 298 g/mol. The van der Waals surface area contributed by atoms with Crippen molar-refractivity contribution in [2.24, 2.45) is 5.92 Å². The number of ether oxygens (including phenoxy) is 1. The molecule has 1 aliphatic rings. The van der Waals surface area contributed by atoms with Gasteiger partial charge in [-0.05, 0) is 37.1 Å². The first-order valence-electron chi connectivity index (χ1n) is 6.43. The van der Waals surface area contributed by atoms with Gasteiger partial charge in [-0.2, -0.15) is 8.78 Å². The van der Waals surface area contributed by atoms with Crippen LogP contribution >= 0.6 is 11.3 Å². The van der Waals surface area contributed by atoms with Gasteiger partial charge in [0.2, 0.25) is 5.91 Å². The SMILES string of the molecule is O=C(Nc1nc(-c2ccc(OC(F)F)cc2)cs1)C1CC1. The number of carbonyl (C=O) groups is 1. The number of carbonyl (C=O) groups excluding carboxylic acids is 1. The van der Waals surface area contributed by atoms with Crippen molar-refractivity contribution >= 4 is 22.4 Å². The van der Waals surface area contributed by atoms with Gasteiger partial charge in [-0.15, -0.1) is 11.3 Å². The normalized spacial score (nSPS) is 14.2. The summed E-state index contributed by atoms with van der Waals surface area (Å²) in [6.45, 7) is -2.83. The molecule has 2 aromatic rings. The third-order valence-corrected chi connectivity index (χ3v) is 3.82.